The third kappa shape index (κ3) is 3.98. The lowest BCUT2D eigenvalue weighted by atomic mass is 9.96. The molecule has 5 nitrogen and oxygen atoms in total. The van der Waals surface area contributed by atoms with Crippen LogP contribution in [0.3, 0.4) is 0 Å². The molecule has 6 heteroatoms. The fourth-order valence-corrected chi connectivity index (χ4v) is 5.66. The number of nitrogens with one attached hydrogen (secondary N) is 1. The van der Waals surface area contributed by atoms with Gasteiger partial charge in [0.2, 0.25) is 0 Å². The van der Waals surface area contributed by atoms with Crippen molar-refractivity contribution in [3.05, 3.63) is 107 Å². The molecule has 1 aliphatic heterocycles. The number of nitrogens with zero attached hydrogens (tertiary/aromatic N) is 3. The Labute approximate surface area is 212 Å². The number of hydrogen-bond donors (Lipinski definition) is 2. The highest BCUT2D eigenvalue weighted by molar-refractivity contribution is 7.80. The molecule has 0 amide bonds. The first-order valence-corrected chi connectivity index (χ1v) is 12.4. The zero-order chi connectivity index (χ0) is 24.7. The number of rotatable bonds is 5. The lowest BCUT2D eigenvalue weighted by Crippen LogP contribution is -2.29. The molecule has 0 bridgehead atoms. The summed E-state index contributed by atoms with van der Waals surface area (Å²) in [6.45, 7) is 8.75. The second-order valence-corrected chi connectivity index (χ2v) is 9.50. The van der Waals surface area contributed by atoms with Gasteiger partial charge in [-0.25, -0.2) is 0 Å². The smallest absolute Gasteiger partial charge is 0.174 e. The van der Waals surface area contributed by atoms with Gasteiger partial charge in [-0.3, -0.25) is 4.98 Å². The molecule has 2 N–H and O–H groups in total. The van der Waals surface area contributed by atoms with E-state index >= 15 is 0 Å². The molecule has 1 fully saturated rings. The Kier molecular flexibility index (Phi) is 6.07. The maximum absolute atomic E-state index is 9.88. The van der Waals surface area contributed by atoms with Crippen LogP contribution in [0.15, 0.2) is 72.9 Å². The Bertz CT molecular complexity index is 1380. The second-order valence-electron chi connectivity index (χ2n) is 9.11. The van der Waals surface area contributed by atoms with E-state index in [0.29, 0.717) is 5.11 Å². The first kappa shape index (κ1) is 23.1. The fourth-order valence-electron chi connectivity index (χ4n) is 5.32. The van der Waals surface area contributed by atoms with E-state index in [2.05, 4.69) is 71.7 Å². The Morgan fingerprint density at radius 3 is 2.46 bits per heavy atom. The number of aromatic nitrogens is 2. The minimum absolute atomic E-state index is 0.101. The molecule has 0 radical (unpaired) electrons. The Hall–Kier alpha value is -3.64. The second kappa shape index (κ2) is 9.19. The van der Waals surface area contributed by atoms with Gasteiger partial charge in [-0.05, 0) is 98.6 Å². The van der Waals surface area contributed by atoms with Crippen LogP contribution in [0, 0.1) is 20.8 Å². The number of hydrogen-bond acceptors (Lipinski definition) is 3. The normalized spacial score (nSPS) is 17.6. The van der Waals surface area contributed by atoms with Crippen molar-refractivity contribution in [2.45, 2.75) is 46.2 Å². The van der Waals surface area contributed by atoms with Gasteiger partial charge in [0, 0.05) is 23.3 Å². The largest absolute Gasteiger partial charge is 0.508 e. The van der Waals surface area contributed by atoms with E-state index in [9.17, 15) is 5.11 Å². The van der Waals surface area contributed by atoms with Crippen LogP contribution in [0.1, 0.15) is 52.8 Å². The van der Waals surface area contributed by atoms with Crippen molar-refractivity contribution in [1.29, 1.82) is 0 Å². The summed E-state index contributed by atoms with van der Waals surface area (Å²) in [4.78, 5) is 6.83. The highest BCUT2D eigenvalue weighted by atomic mass is 32.1. The van der Waals surface area contributed by atoms with Gasteiger partial charge >= 0.3 is 0 Å². The highest BCUT2D eigenvalue weighted by Gasteiger charge is 2.42. The standard InChI is InChI=1S/C29H30N4OS/c1-5-21-10-8-9-18(2)27(21)32-19(3)17-24(20(32)4)28-26(25-11-6-7-16-30-25)31-29(35)33(28)22-12-14-23(34)15-13-22/h6-17,26,28,34H,5H2,1-4H3,(H,31,35)/t26-,28+/m1/s1. The van der Waals surface area contributed by atoms with Gasteiger partial charge in [-0.15, -0.1) is 0 Å². The van der Waals surface area contributed by atoms with Crippen LogP contribution in [0.5, 0.6) is 5.75 Å². The van der Waals surface area contributed by atoms with Gasteiger partial charge in [-0.1, -0.05) is 31.2 Å². The Balaban J connectivity index is 1.71. The SMILES string of the molecule is CCc1cccc(C)c1-n1c(C)cc([C@H]2[C@@H](c3ccccn3)NC(=S)N2c2ccc(O)cc2)c1C. The number of phenolic OH excluding ortho intramolecular Hbond substituents is 1. The van der Waals surface area contributed by atoms with Crippen LogP contribution in [0.2, 0.25) is 0 Å². The molecule has 0 saturated carbocycles. The number of aryl methyl sites for hydroxylation is 3. The van der Waals surface area contributed by atoms with Gasteiger partial charge in [-0.2, -0.15) is 0 Å². The summed E-state index contributed by atoms with van der Waals surface area (Å²) < 4.78 is 2.38. The monoisotopic (exact) mass is 482 g/mol. The molecule has 0 aliphatic carbocycles. The van der Waals surface area contributed by atoms with Crippen molar-refractivity contribution in [3.63, 3.8) is 0 Å². The summed E-state index contributed by atoms with van der Waals surface area (Å²) in [7, 11) is 0. The summed E-state index contributed by atoms with van der Waals surface area (Å²) in [5.41, 5.74) is 9.29. The van der Waals surface area contributed by atoms with E-state index in [4.69, 9.17) is 12.2 Å². The lowest BCUT2D eigenvalue weighted by molar-refractivity contribution is 0.475. The van der Waals surface area contributed by atoms with Gasteiger partial charge < -0.3 is 19.9 Å². The Morgan fingerprint density at radius 1 is 1.00 bits per heavy atom. The number of anilines is 1. The molecule has 3 heterocycles. The van der Waals surface area contributed by atoms with E-state index < -0.39 is 0 Å². The van der Waals surface area contributed by atoms with Crippen molar-refractivity contribution in [1.82, 2.24) is 14.9 Å². The molecule has 2 aromatic carbocycles. The minimum atomic E-state index is -0.117. The summed E-state index contributed by atoms with van der Waals surface area (Å²) in [6, 6.07) is 21.8. The molecule has 35 heavy (non-hydrogen) atoms. The van der Waals surface area contributed by atoms with Crippen molar-refractivity contribution in [2.24, 2.45) is 0 Å². The molecule has 1 aliphatic rings. The van der Waals surface area contributed by atoms with E-state index in [1.807, 2.05) is 36.5 Å². The van der Waals surface area contributed by atoms with E-state index in [1.165, 1.54) is 33.8 Å². The first-order chi connectivity index (χ1) is 16.9. The van der Waals surface area contributed by atoms with Crippen molar-refractivity contribution < 1.29 is 5.11 Å². The number of phenols is 1. The van der Waals surface area contributed by atoms with Gasteiger partial charge in [0.1, 0.15) is 5.75 Å². The predicted molar refractivity (Wildman–Crippen MR) is 145 cm³/mol. The van der Waals surface area contributed by atoms with Crippen molar-refractivity contribution >= 4 is 23.0 Å². The summed E-state index contributed by atoms with van der Waals surface area (Å²) in [5.74, 6) is 0.231. The molecule has 4 aromatic rings. The zero-order valence-electron chi connectivity index (χ0n) is 20.5. The minimum Gasteiger partial charge on any atom is -0.508 e. The van der Waals surface area contributed by atoms with Crippen LogP contribution in [0.4, 0.5) is 5.69 Å². The summed E-state index contributed by atoms with van der Waals surface area (Å²) in [5, 5.41) is 14.1. The molecule has 1 saturated heterocycles. The maximum Gasteiger partial charge on any atom is 0.174 e. The summed E-state index contributed by atoms with van der Waals surface area (Å²) >= 11 is 5.86. The van der Waals surface area contributed by atoms with E-state index in [0.717, 1.165) is 17.8 Å². The Morgan fingerprint density at radius 2 is 1.77 bits per heavy atom. The van der Waals surface area contributed by atoms with Crippen molar-refractivity contribution in [2.75, 3.05) is 4.90 Å². The average Bonchev–Trinajstić information content (AvgIpc) is 3.35. The molecule has 178 valence electrons. The van der Waals surface area contributed by atoms with Crippen LogP contribution >= 0.6 is 12.2 Å². The fraction of sp³-hybridized carbons (Fsp3) is 0.241. The number of aromatic hydroxyl groups is 1. The highest BCUT2D eigenvalue weighted by Crippen LogP contribution is 2.44. The van der Waals surface area contributed by atoms with E-state index in [-0.39, 0.29) is 17.8 Å². The molecule has 0 unspecified atom stereocenters. The number of thiocarbonyl (C=S) groups is 1. The van der Waals surface area contributed by atoms with Gasteiger partial charge in [0.15, 0.2) is 5.11 Å². The maximum atomic E-state index is 9.88. The van der Waals surface area contributed by atoms with Gasteiger partial charge in [0.05, 0.1) is 23.5 Å². The van der Waals surface area contributed by atoms with Crippen molar-refractivity contribution in [3.8, 4) is 11.4 Å². The molecule has 2 atom stereocenters. The molecular formula is C29H30N4OS. The molecule has 2 aromatic heterocycles. The third-order valence-electron chi connectivity index (χ3n) is 6.94. The number of benzene rings is 2. The molecule has 5 rings (SSSR count). The zero-order valence-corrected chi connectivity index (χ0v) is 21.3. The summed E-state index contributed by atoms with van der Waals surface area (Å²) in [6.07, 6.45) is 2.79. The predicted octanol–water partition coefficient (Wildman–Crippen LogP) is 6.24. The van der Waals surface area contributed by atoms with Crippen LogP contribution in [0.25, 0.3) is 5.69 Å². The lowest BCUT2D eigenvalue weighted by Gasteiger charge is -2.28. The third-order valence-corrected chi connectivity index (χ3v) is 7.26. The quantitative estimate of drug-likeness (QED) is 0.330. The van der Waals surface area contributed by atoms with Crippen LogP contribution in [-0.2, 0) is 6.42 Å². The number of pyridine rings is 1. The van der Waals surface area contributed by atoms with E-state index in [1.54, 1.807) is 12.1 Å². The first-order valence-electron chi connectivity index (χ1n) is 12.0. The number of para-hydroxylation sites is 1. The van der Waals surface area contributed by atoms with Crippen LogP contribution < -0.4 is 10.2 Å². The molecular weight excluding hydrogens is 452 g/mol. The average molecular weight is 483 g/mol. The van der Waals surface area contributed by atoms with Gasteiger partial charge in [0.25, 0.3) is 0 Å². The topological polar surface area (TPSA) is 53.3 Å². The molecule has 0 spiro atoms. The van der Waals surface area contributed by atoms with Crippen LogP contribution in [-0.4, -0.2) is 19.8 Å².